The third-order valence-electron chi connectivity index (χ3n) is 8.96. The molecule has 0 saturated carbocycles. The number of benzene rings is 3. The van der Waals surface area contributed by atoms with E-state index in [1.807, 2.05) is 35.9 Å². The molecular weight excluding hydrogens is 566 g/mol. The Morgan fingerprint density at radius 1 is 0.911 bits per heavy atom. The van der Waals surface area contributed by atoms with Crippen molar-refractivity contribution >= 4 is 10.9 Å². The van der Waals surface area contributed by atoms with Crippen molar-refractivity contribution in [2.24, 2.45) is 0 Å². The van der Waals surface area contributed by atoms with Gasteiger partial charge in [-0.3, -0.25) is 14.6 Å². The average molecular weight is 606 g/mol. The van der Waals surface area contributed by atoms with Crippen LogP contribution in [0.4, 0.5) is 0 Å². The monoisotopic (exact) mass is 605 g/mol. The number of aromatic nitrogens is 5. The van der Waals surface area contributed by atoms with Gasteiger partial charge < -0.3 is 14.5 Å². The highest BCUT2D eigenvalue weighted by molar-refractivity contribution is 5.80. The van der Waals surface area contributed by atoms with Crippen molar-refractivity contribution in [1.29, 1.82) is 0 Å². The van der Waals surface area contributed by atoms with E-state index in [2.05, 4.69) is 91.0 Å². The van der Waals surface area contributed by atoms with Crippen LogP contribution in [0.25, 0.3) is 10.9 Å². The first-order valence-corrected chi connectivity index (χ1v) is 15.9. The van der Waals surface area contributed by atoms with Crippen molar-refractivity contribution in [1.82, 2.24) is 35.0 Å². The number of hydrogen-bond acceptors (Lipinski definition) is 8. The Bertz CT molecular complexity index is 1720. The Morgan fingerprint density at radius 3 is 2.24 bits per heavy atom. The van der Waals surface area contributed by atoms with E-state index in [9.17, 15) is 4.79 Å². The van der Waals surface area contributed by atoms with E-state index >= 15 is 0 Å². The topological polar surface area (TPSA) is 101 Å². The van der Waals surface area contributed by atoms with Gasteiger partial charge in [0.25, 0.3) is 5.56 Å². The molecule has 45 heavy (non-hydrogen) atoms. The molecule has 10 heteroatoms. The molecule has 7 rings (SSSR count). The molecule has 2 aromatic heterocycles. The maximum absolute atomic E-state index is 13.8. The molecule has 1 N–H and O–H groups in total. The summed E-state index contributed by atoms with van der Waals surface area (Å²) < 4.78 is 13.5. The van der Waals surface area contributed by atoms with Crippen LogP contribution >= 0.6 is 0 Å². The number of fused-ring (bicyclic) bond motifs is 1. The van der Waals surface area contributed by atoms with E-state index in [-0.39, 0.29) is 17.7 Å². The third-order valence-corrected chi connectivity index (χ3v) is 8.96. The molecule has 232 valence electrons. The first-order chi connectivity index (χ1) is 22.2. The summed E-state index contributed by atoms with van der Waals surface area (Å²) in [5.41, 5.74) is 3.78. The van der Waals surface area contributed by atoms with Crippen LogP contribution in [0.3, 0.4) is 0 Å². The Morgan fingerprint density at radius 2 is 1.60 bits per heavy atom. The molecule has 0 bridgehead atoms. The summed E-state index contributed by atoms with van der Waals surface area (Å²) in [5.74, 6) is 1.43. The molecule has 2 aliphatic heterocycles. The fourth-order valence-electron chi connectivity index (χ4n) is 6.82. The minimum Gasteiger partial charge on any atom is -0.494 e. The summed E-state index contributed by atoms with van der Waals surface area (Å²) in [6.07, 6.45) is 2.06. The molecule has 0 spiro atoms. The number of nitrogens with one attached hydrogen (secondary N) is 1. The molecule has 10 nitrogen and oxygen atoms in total. The van der Waals surface area contributed by atoms with Gasteiger partial charge in [-0.05, 0) is 65.6 Å². The number of ether oxygens (including phenoxy) is 2. The van der Waals surface area contributed by atoms with Gasteiger partial charge >= 0.3 is 0 Å². The van der Waals surface area contributed by atoms with Crippen LogP contribution in [-0.4, -0.2) is 80.5 Å². The highest BCUT2D eigenvalue weighted by atomic mass is 16.5. The Hall–Kier alpha value is -4.38. The van der Waals surface area contributed by atoms with Gasteiger partial charge in [-0.15, -0.1) is 5.10 Å². The molecule has 0 amide bonds. The lowest BCUT2D eigenvalue weighted by atomic mass is 9.96. The first kappa shape index (κ1) is 29.3. The zero-order chi connectivity index (χ0) is 30.6. The highest BCUT2D eigenvalue weighted by Crippen LogP contribution is 2.33. The lowest BCUT2D eigenvalue weighted by Crippen LogP contribution is -2.50. The van der Waals surface area contributed by atoms with Crippen LogP contribution in [0.2, 0.25) is 0 Å². The van der Waals surface area contributed by atoms with Crippen molar-refractivity contribution in [3.8, 4) is 5.75 Å². The second-order valence-electron chi connectivity index (χ2n) is 11.8. The van der Waals surface area contributed by atoms with Gasteiger partial charge in [0, 0.05) is 49.3 Å². The van der Waals surface area contributed by atoms with Gasteiger partial charge in [0.1, 0.15) is 11.8 Å². The average Bonchev–Trinajstić information content (AvgIpc) is 3.76. The molecule has 2 saturated heterocycles. The predicted octanol–water partition coefficient (Wildman–Crippen LogP) is 4.59. The standard InChI is InChI=1S/C35H39N7O3/c1-2-44-28-15-16-31-27(22-28)23-30(35(43)36-31)33(34-37-38-39-42(34)24-29-14-9-21-45-29)41-19-17-40(18-20-41)32(25-10-5-3-6-11-25)26-12-7-4-8-13-26/h3-8,10-13,15-16,22-23,29,32-33H,2,9,14,17-21,24H2,1H3,(H,36,43). The van der Waals surface area contributed by atoms with E-state index in [0.717, 1.165) is 62.3 Å². The molecule has 2 aliphatic rings. The minimum atomic E-state index is -0.431. The quantitative estimate of drug-likeness (QED) is 0.247. The summed E-state index contributed by atoms with van der Waals surface area (Å²) in [4.78, 5) is 21.8. The number of nitrogens with zero attached hydrogens (tertiary/aromatic N) is 6. The molecule has 5 aromatic rings. The van der Waals surface area contributed by atoms with Crippen LogP contribution in [0.5, 0.6) is 5.75 Å². The number of H-pyrrole nitrogens is 1. The zero-order valence-electron chi connectivity index (χ0n) is 25.6. The number of aromatic amines is 1. The van der Waals surface area contributed by atoms with E-state index in [1.165, 1.54) is 11.1 Å². The van der Waals surface area contributed by atoms with Crippen LogP contribution in [0.15, 0.2) is 89.7 Å². The van der Waals surface area contributed by atoms with Crippen molar-refractivity contribution in [2.45, 2.75) is 44.5 Å². The second kappa shape index (κ2) is 13.3. The SMILES string of the molecule is CCOc1ccc2[nH]c(=O)c(C(c3nnnn3CC3CCCO3)N3CCN(C(c4ccccc4)c4ccccc4)CC3)cc2c1. The fourth-order valence-corrected chi connectivity index (χ4v) is 6.82. The molecular formula is C35H39N7O3. The van der Waals surface area contributed by atoms with Gasteiger partial charge in [0.15, 0.2) is 5.82 Å². The molecule has 3 aromatic carbocycles. The van der Waals surface area contributed by atoms with Crippen molar-refractivity contribution in [3.05, 3.63) is 118 Å². The normalized spacial score (nSPS) is 18.5. The second-order valence-corrected chi connectivity index (χ2v) is 11.8. The number of tetrazole rings is 1. The predicted molar refractivity (Wildman–Crippen MR) is 172 cm³/mol. The van der Waals surface area contributed by atoms with Gasteiger partial charge in [-0.1, -0.05) is 60.7 Å². The number of rotatable bonds is 10. The summed E-state index contributed by atoms with van der Waals surface area (Å²) in [6, 6.07) is 28.8. The number of hydrogen-bond donors (Lipinski definition) is 1. The van der Waals surface area contributed by atoms with Gasteiger partial charge in [-0.25, -0.2) is 4.68 Å². The summed E-state index contributed by atoms with van der Waals surface area (Å²) >= 11 is 0. The molecule has 0 aliphatic carbocycles. The smallest absolute Gasteiger partial charge is 0.253 e. The molecule has 2 fully saturated rings. The van der Waals surface area contributed by atoms with E-state index in [0.29, 0.717) is 24.5 Å². The van der Waals surface area contributed by atoms with Crippen LogP contribution in [0, 0.1) is 0 Å². The van der Waals surface area contributed by atoms with Crippen molar-refractivity contribution < 1.29 is 9.47 Å². The largest absolute Gasteiger partial charge is 0.494 e. The summed E-state index contributed by atoms with van der Waals surface area (Å²) in [7, 11) is 0. The van der Waals surface area contributed by atoms with Gasteiger partial charge in [0.05, 0.1) is 25.3 Å². The van der Waals surface area contributed by atoms with E-state index in [1.54, 1.807) is 0 Å². The minimum absolute atomic E-state index is 0.0610. The maximum Gasteiger partial charge on any atom is 0.253 e. The highest BCUT2D eigenvalue weighted by Gasteiger charge is 2.35. The van der Waals surface area contributed by atoms with Crippen molar-refractivity contribution in [2.75, 3.05) is 39.4 Å². The van der Waals surface area contributed by atoms with E-state index < -0.39 is 6.04 Å². The Kier molecular flexibility index (Phi) is 8.68. The third kappa shape index (κ3) is 6.26. The van der Waals surface area contributed by atoms with Gasteiger partial charge in [-0.2, -0.15) is 0 Å². The van der Waals surface area contributed by atoms with Crippen LogP contribution in [0.1, 0.15) is 54.4 Å². The Labute approximate surface area is 262 Å². The summed E-state index contributed by atoms with van der Waals surface area (Å²) in [5, 5.41) is 13.9. The zero-order valence-corrected chi connectivity index (χ0v) is 25.6. The molecule has 2 unspecified atom stereocenters. The molecule has 2 atom stereocenters. The summed E-state index contributed by atoms with van der Waals surface area (Å²) in [6.45, 7) is 6.96. The number of pyridine rings is 1. The molecule has 4 heterocycles. The Balaban J connectivity index is 1.24. The lowest BCUT2D eigenvalue weighted by Gasteiger charge is -2.42. The maximum atomic E-state index is 13.8. The van der Waals surface area contributed by atoms with Crippen LogP contribution in [-0.2, 0) is 11.3 Å². The first-order valence-electron chi connectivity index (χ1n) is 15.9. The lowest BCUT2D eigenvalue weighted by molar-refractivity contribution is 0.0778. The molecule has 0 radical (unpaired) electrons. The number of piperazine rings is 1. The van der Waals surface area contributed by atoms with Crippen molar-refractivity contribution in [3.63, 3.8) is 0 Å². The van der Waals surface area contributed by atoms with Crippen LogP contribution < -0.4 is 10.3 Å². The fraction of sp³-hybridized carbons (Fsp3) is 0.371. The van der Waals surface area contributed by atoms with E-state index in [4.69, 9.17) is 9.47 Å². The van der Waals surface area contributed by atoms with Gasteiger partial charge in [0.2, 0.25) is 0 Å².